The first-order valence-electron chi connectivity index (χ1n) is 5.95. The smallest absolute Gasteiger partial charge is 0.149 e. The van der Waals surface area contributed by atoms with Gasteiger partial charge in [0.1, 0.15) is 5.82 Å². The Morgan fingerprint density at radius 1 is 1.39 bits per heavy atom. The average Bonchev–Trinajstić information content (AvgIpc) is 2.93. The fourth-order valence-corrected chi connectivity index (χ4v) is 4.22. The lowest BCUT2D eigenvalue weighted by molar-refractivity contribution is 0.649. The van der Waals surface area contributed by atoms with E-state index >= 15 is 0 Å². The van der Waals surface area contributed by atoms with Crippen LogP contribution in [0.25, 0.3) is 20.0 Å². The molecular weight excluding hydrogens is 262 g/mol. The molecule has 0 aliphatic carbocycles. The van der Waals surface area contributed by atoms with Crippen LogP contribution in [0.2, 0.25) is 0 Å². The standard InChI is InChI=1S/C13H15N3S2/c1-7(2)5-8-12(15-16-13(8)14)11-6-10-9(18-11)3-4-17-10/h3-4,6-7H,5H2,1-2H3,(H3,14,15,16). The van der Waals surface area contributed by atoms with E-state index in [1.807, 2.05) is 0 Å². The summed E-state index contributed by atoms with van der Waals surface area (Å²) in [4.78, 5) is 1.23. The second-order valence-electron chi connectivity index (χ2n) is 4.82. The van der Waals surface area contributed by atoms with E-state index in [9.17, 15) is 0 Å². The van der Waals surface area contributed by atoms with Gasteiger partial charge in [-0.25, -0.2) is 0 Å². The Morgan fingerprint density at radius 2 is 2.22 bits per heavy atom. The number of rotatable bonds is 3. The van der Waals surface area contributed by atoms with E-state index in [-0.39, 0.29) is 0 Å². The summed E-state index contributed by atoms with van der Waals surface area (Å²) in [5, 5.41) is 9.38. The van der Waals surface area contributed by atoms with Crippen molar-refractivity contribution in [1.29, 1.82) is 0 Å². The van der Waals surface area contributed by atoms with Crippen molar-refractivity contribution in [2.24, 2.45) is 5.92 Å². The molecule has 3 N–H and O–H groups in total. The summed E-state index contributed by atoms with van der Waals surface area (Å²) < 4.78 is 2.66. The van der Waals surface area contributed by atoms with Gasteiger partial charge in [0.25, 0.3) is 0 Å². The number of nitrogens with zero attached hydrogens (tertiary/aromatic N) is 1. The Morgan fingerprint density at radius 3 is 2.94 bits per heavy atom. The number of hydrogen-bond acceptors (Lipinski definition) is 4. The molecule has 3 nitrogen and oxygen atoms in total. The summed E-state index contributed by atoms with van der Waals surface area (Å²) in [5.41, 5.74) is 8.21. The normalized spacial score (nSPS) is 11.7. The summed E-state index contributed by atoms with van der Waals surface area (Å²) >= 11 is 3.57. The van der Waals surface area contributed by atoms with Crippen molar-refractivity contribution in [1.82, 2.24) is 10.2 Å². The average molecular weight is 277 g/mol. The highest BCUT2D eigenvalue weighted by Crippen LogP contribution is 2.38. The number of H-pyrrole nitrogens is 1. The molecule has 0 amide bonds. The van der Waals surface area contributed by atoms with E-state index in [0.717, 1.165) is 17.7 Å². The Hall–Kier alpha value is -1.33. The Kier molecular flexibility index (Phi) is 2.87. The summed E-state index contributed by atoms with van der Waals surface area (Å²) in [6.45, 7) is 4.40. The number of aromatic amines is 1. The van der Waals surface area contributed by atoms with Gasteiger partial charge < -0.3 is 5.73 Å². The van der Waals surface area contributed by atoms with Crippen LogP contribution in [0.15, 0.2) is 17.5 Å². The molecule has 0 aromatic carbocycles. The van der Waals surface area contributed by atoms with Gasteiger partial charge >= 0.3 is 0 Å². The van der Waals surface area contributed by atoms with Crippen molar-refractivity contribution in [3.63, 3.8) is 0 Å². The van der Waals surface area contributed by atoms with Gasteiger partial charge in [0.15, 0.2) is 0 Å². The number of nitrogens with one attached hydrogen (secondary N) is 1. The molecule has 3 rings (SSSR count). The Balaban J connectivity index is 2.08. The predicted molar refractivity (Wildman–Crippen MR) is 80.2 cm³/mol. The molecule has 0 aliphatic rings. The molecule has 0 spiro atoms. The highest BCUT2D eigenvalue weighted by molar-refractivity contribution is 7.28. The lowest BCUT2D eigenvalue weighted by Gasteiger charge is -2.05. The van der Waals surface area contributed by atoms with E-state index in [1.54, 1.807) is 22.7 Å². The van der Waals surface area contributed by atoms with Gasteiger partial charge in [0, 0.05) is 15.0 Å². The molecule has 0 unspecified atom stereocenters. The quantitative estimate of drug-likeness (QED) is 0.756. The highest BCUT2D eigenvalue weighted by atomic mass is 32.1. The van der Waals surface area contributed by atoms with E-state index in [4.69, 9.17) is 5.73 Å². The number of fused-ring (bicyclic) bond motifs is 1. The third-order valence-corrected chi connectivity index (χ3v) is 5.01. The number of anilines is 1. The van der Waals surface area contributed by atoms with Crippen LogP contribution < -0.4 is 5.73 Å². The van der Waals surface area contributed by atoms with Crippen molar-refractivity contribution in [3.05, 3.63) is 23.1 Å². The van der Waals surface area contributed by atoms with Crippen molar-refractivity contribution < 1.29 is 0 Å². The third kappa shape index (κ3) is 1.93. The van der Waals surface area contributed by atoms with Crippen LogP contribution in [0.3, 0.4) is 0 Å². The summed E-state index contributed by atoms with van der Waals surface area (Å²) in [6.07, 6.45) is 0.962. The molecule has 0 aliphatic heterocycles. The third-order valence-electron chi connectivity index (χ3n) is 2.90. The first-order valence-corrected chi connectivity index (χ1v) is 7.65. The molecule has 3 aromatic rings. The Bertz CT molecular complexity index is 647. The van der Waals surface area contributed by atoms with Gasteiger partial charge in [0.2, 0.25) is 0 Å². The number of thiophene rings is 2. The van der Waals surface area contributed by atoms with Gasteiger partial charge in [-0.2, -0.15) is 5.10 Å². The van der Waals surface area contributed by atoms with E-state index in [0.29, 0.717) is 11.7 Å². The maximum Gasteiger partial charge on any atom is 0.149 e. The molecule has 3 heterocycles. The summed E-state index contributed by atoms with van der Waals surface area (Å²) in [5.74, 6) is 1.21. The van der Waals surface area contributed by atoms with Crippen molar-refractivity contribution in [2.45, 2.75) is 20.3 Å². The fourth-order valence-electron chi connectivity index (χ4n) is 2.09. The lowest BCUT2D eigenvalue weighted by Crippen LogP contribution is -1.98. The molecule has 94 valence electrons. The van der Waals surface area contributed by atoms with Gasteiger partial charge in [-0.05, 0) is 29.9 Å². The highest BCUT2D eigenvalue weighted by Gasteiger charge is 2.16. The molecule has 5 heteroatoms. The van der Waals surface area contributed by atoms with Gasteiger partial charge in [-0.15, -0.1) is 22.7 Å². The maximum absolute atomic E-state index is 5.96. The van der Waals surface area contributed by atoms with Crippen molar-refractivity contribution in [2.75, 3.05) is 5.73 Å². The molecule has 18 heavy (non-hydrogen) atoms. The van der Waals surface area contributed by atoms with E-state index < -0.39 is 0 Å². The molecule has 0 saturated carbocycles. The van der Waals surface area contributed by atoms with Crippen LogP contribution in [-0.2, 0) is 6.42 Å². The lowest BCUT2D eigenvalue weighted by atomic mass is 10.0. The first-order chi connectivity index (χ1) is 8.65. The van der Waals surface area contributed by atoms with Crippen LogP contribution in [0.4, 0.5) is 5.82 Å². The minimum atomic E-state index is 0.574. The van der Waals surface area contributed by atoms with Crippen LogP contribution in [-0.4, -0.2) is 10.2 Å². The number of hydrogen-bond donors (Lipinski definition) is 2. The summed E-state index contributed by atoms with van der Waals surface area (Å²) in [6, 6.07) is 4.39. The molecule has 0 atom stereocenters. The predicted octanol–water partition coefficient (Wildman–Crippen LogP) is 4.13. The molecule has 0 fully saturated rings. The topological polar surface area (TPSA) is 54.7 Å². The number of aromatic nitrogens is 2. The van der Waals surface area contributed by atoms with E-state index in [1.165, 1.54) is 14.3 Å². The van der Waals surface area contributed by atoms with Gasteiger partial charge in [0.05, 0.1) is 10.6 Å². The fraction of sp³-hybridized carbons (Fsp3) is 0.308. The van der Waals surface area contributed by atoms with Crippen LogP contribution in [0.1, 0.15) is 19.4 Å². The van der Waals surface area contributed by atoms with Crippen LogP contribution in [0, 0.1) is 5.92 Å². The second kappa shape index (κ2) is 4.40. The van der Waals surface area contributed by atoms with E-state index in [2.05, 4.69) is 41.6 Å². The zero-order valence-electron chi connectivity index (χ0n) is 10.4. The Labute approximate surface area is 114 Å². The minimum absolute atomic E-state index is 0.574. The molecule has 0 radical (unpaired) electrons. The molecule has 0 bridgehead atoms. The monoisotopic (exact) mass is 277 g/mol. The van der Waals surface area contributed by atoms with Gasteiger partial charge in [-0.1, -0.05) is 13.8 Å². The number of nitrogens with two attached hydrogens (primary N) is 1. The van der Waals surface area contributed by atoms with Gasteiger partial charge in [-0.3, -0.25) is 5.10 Å². The van der Waals surface area contributed by atoms with Crippen LogP contribution >= 0.6 is 22.7 Å². The maximum atomic E-state index is 5.96. The second-order valence-corrected chi connectivity index (χ2v) is 6.85. The van der Waals surface area contributed by atoms with Crippen molar-refractivity contribution >= 4 is 37.9 Å². The zero-order valence-corrected chi connectivity index (χ0v) is 12.0. The van der Waals surface area contributed by atoms with Crippen LogP contribution in [0.5, 0.6) is 0 Å². The summed E-state index contributed by atoms with van der Waals surface area (Å²) in [7, 11) is 0. The van der Waals surface area contributed by atoms with Crippen molar-refractivity contribution in [3.8, 4) is 10.6 Å². The SMILES string of the molecule is CC(C)Cc1c(N)n[nH]c1-c1cc2sccc2s1. The number of nitrogen functional groups attached to an aromatic ring is 1. The first kappa shape index (κ1) is 11.7. The molecule has 0 saturated heterocycles. The molecule has 3 aromatic heterocycles. The molecular formula is C13H15N3S2. The largest absolute Gasteiger partial charge is 0.382 e. The minimum Gasteiger partial charge on any atom is -0.382 e. The zero-order chi connectivity index (χ0) is 12.7.